The molecule has 122 valence electrons. The Labute approximate surface area is 144 Å². The normalized spacial score (nSPS) is 10.6. The summed E-state index contributed by atoms with van der Waals surface area (Å²) < 4.78 is 1.65. The first-order valence-electron chi connectivity index (χ1n) is 7.37. The predicted molar refractivity (Wildman–Crippen MR) is 94.1 cm³/mol. The van der Waals surface area contributed by atoms with Gasteiger partial charge in [-0.25, -0.2) is 4.68 Å². The van der Waals surface area contributed by atoms with Gasteiger partial charge in [-0.2, -0.15) is 5.10 Å². The van der Waals surface area contributed by atoms with Crippen molar-refractivity contribution in [3.63, 3.8) is 0 Å². The number of benzene rings is 2. The highest BCUT2D eigenvalue weighted by Crippen LogP contribution is 2.25. The Hall–Kier alpha value is -2.79. The van der Waals surface area contributed by atoms with Crippen molar-refractivity contribution in [2.24, 2.45) is 0 Å². The fraction of sp³-hybridized carbons (Fsp3) is 0.111. The molecule has 0 aliphatic carbocycles. The topological polar surface area (TPSA) is 67.2 Å². The first-order chi connectivity index (χ1) is 11.5. The first-order valence-corrected chi connectivity index (χ1v) is 7.75. The summed E-state index contributed by atoms with van der Waals surface area (Å²) in [4.78, 5) is 12.5. The summed E-state index contributed by atoms with van der Waals surface area (Å²) in [6.07, 6.45) is 1.50. The van der Waals surface area contributed by atoms with Crippen LogP contribution < -0.4 is 5.32 Å². The molecule has 1 amide bonds. The number of rotatable bonds is 3. The van der Waals surface area contributed by atoms with E-state index in [2.05, 4.69) is 10.4 Å². The zero-order chi connectivity index (χ0) is 17.3. The van der Waals surface area contributed by atoms with Gasteiger partial charge in [-0.15, -0.1) is 0 Å². The lowest BCUT2D eigenvalue weighted by molar-refractivity contribution is 0.102. The lowest BCUT2D eigenvalue weighted by Crippen LogP contribution is -2.13. The zero-order valence-corrected chi connectivity index (χ0v) is 14.0. The van der Waals surface area contributed by atoms with Crippen molar-refractivity contribution in [3.05, 3.63) is 70.5 Å². The van der Waals surface area contributed by atoms with Gasteiger partial charge in [0.1, 0.15) is 5.75 Å². The largest absolute Gasteiger partial charge is 0.506 e. The molecular weight excluding hydrogens is 326 g/mol. The van der Waals surface area contributed by atoms with Gasteiger partial charge in [-0.3, -0.25) is 4.79 Å². The van der Waals surface area contributed by atoms with E-state index in [9.17, 15) is 9.90 Å². The second kappa shape index (κ2) is 6.37. The number of aromatic nitrogens is 2. The van der Waals surface area contributed by atoms with Crippen LogP contribution in [0.15, 0.2) is 48.7 Å². The molecule has 1 heterocycles. The average Bonchev–Trinajstić information content (AvgIpc) is 2.92. The molecule has 1 aromatic heterocycles. The molecule has 0 fully saturated rings. The number of nitrogens with zero attached hydrogens (tertiary/aromatic N) is 2. The number of phenolic OH excluding ortho intramolecular Hbond substituents is 1. The number of carbonyl (C=O) groups excluding carboxylic acids is 1. The molecule has 0 unspecified atom stereocenters. The minimum Gasteiger partial charge on any atom is -0.506 e. The lowest BCUT2D eigenvalue weighted by Gasteiger charge is -2.09. The number of carbonyl (C=O) groups is 1. The lowest BCUT2D eigenvalue weighted by atomic mass is 10.2. The second-order valence-electron chi connectivity index (χ2n) is 5.51. The van der Waals surface area contributed by atoms with Crippen molar-refractivity contribution in [1.29, 1.82) is 0 Å². The molecule has 0 saturated carbocycles. The Morgan fingerprint density at radius 1 is 1.21 bits per heavy atom. The number of hydrogen-bond donors (Lipinski definition) is 2. The summed E-state index contributed by atoms with van der Waals surface area (Å²) in [5, 5.41) is 17.4. The Kier molecular flexibility index (Phi) is 4.27. The SMILES string of the molecule is Cc1ccc(O)c(NC(=O)c2cnn(-c3cccc(Cl)c3)c2C)c1. The molecule has 3 aromatic rings. The number of amides is 1. The van der Waals surface area contributed by atoms with Crippen LogP contribution in [-0.4, -0.2) is 20.8 Å². The Balaban J connectivity index is 1.90. The summed E-state index contributed by atoms with van der Waals surface area (Å²) in [6.45, 7) is 3.69. The average molecular weight is 342 g/mol. The molecule has 0 saturated heterocycles. The standard InChI is InChI=1S/C18H16ClN3O2/c1-11-6-7-17(23)16(8-11)21-18(24)15-10-20-22(12(15)2)14-5-3-4-13(19)9-14/h3-10,23H,1-2H3,(H,21,24). The van der Waals surface area contributed by atoms with E-state index in [1.807, 2.05) is 19.1 Å². The minimum absolute atomic E-state index is 0.0221. The van der Waals surface area contributed by atoms with Crippen LogP contribution in [-0.2, 0) is 0 Å². The number of anilines is 1. The van der Waals surface area contributed by atoms with Crippen LogP contribution in [0.4, 0.5) is 5.69 Å². The third-order valence-corrected chi connectivity index (χ3v) is 3.94. The Morgan fingerprint density at radius 3 is 2.75 bits per heavy atom. The van der Waals surface area contributed by atoms with E-state index in [-0.39, 0.29) is 11.7 Å². The van der Waals surface area contributed by atoms with Crippen molar-refractivity contribution in [1.82, 2.24) is 9.78 Å². The van der Waals surface area contributed by atoms with E-state index in [1.165, 1.54) is 6.20 Å². The van der Waals surface area contributed by atoms with Crippen LogP contribution in [0.25, 0.3) is 5.69 Å². The number of hydrogen-bond acceptors (Lipinski definition) is 3. The monoisotopic (exact) mass is 341 g/mol. The summed E-state index contributed by atoms with van der Waals surface area (Å²) >= 11 is 6.01. The Morgan fingerprint density at radius 2 is 2.00 bits per heavy atom. The quantitative estimate of drug-likeness (QED) is 0.705. The molecule has 0 spiro atoms. The van der Waals surface area contributed by atoms with Crippen LogP contribution >= 0.6 is 11.6 Å². The van der Waals surface area contributed by atoms with E-state index in [4.69, 9.17) is 11.6 Å². The van der Waals surface area contributed by atoms with E-state index in [0.717, 1.165) is 11.3 Å². The van der Waals surface area contributed by atoms with Gasteiger partial charge in [-0.1, -0.05) is 23.7 Å². The maximum atomic E-state index is 12.5. The van der Waals surface area contributed by atoms with Gasteiger partial charge in [0.2, 0.25) is 0 Å². The number of phenols is 1. The van der Waals surface area contributed by atoms with Crippen LogP contribution in [0, 0.1) is 13.8 Å². The highest BCUT2D eigenvalue weighted by Gasteiger charge is 2.16. The van der Waals surface area contributed by atoms with Gasteiger partial charge in [0.25, 0.3) is 5.91 Å². The van der Waals surface area contributed by atoms with Crippen LogP contribution in [0.3, 0.4) is 0 Å². The minimum atomic E-state index is -0.332. The molecule has 3 rings (SSSR count). The van der Waals surface area contributed by atoms with Gasteiger partial charge in [0.15, 0.2) is 0 Å². The molecule has 0 aliphatic rings. The summed E-state index contributed by atoms with van der Waals surface area (Å²) in [5.41, 5.74) is 3.19. The fourth-order valence-electron chi connectivity index (χ4n) is 2.44. The summed E-state index contributed by atoms with van der Waals surface area (Å²) in [6, 6.07) is 12.3. The molecule has 0 atom stereocenters. The van der Waals surface area contributed by atoms with E-state index >= 15 is 0 Å². The van der Waals surface area contributed by atoms with Gasteiger partial charge in [-0.05, 0) is 49.7 Å². The van der Waals surface area contributed by atoms with E-state index < -0.39 is 0 Å². The van der Waals surface area contributed by atoms with Crippen molar-refractivity contribution >= 4 is 23.2 Å². The van der Waals surface area contributed by atoms with Crippen molar-refractivity contribution < 1.29 is 9.90 Å². The Bertz CT molecular complexity index is 918. The molecule has 0 radical (unpaired) electrons. The third kappa shape index (κ3) is 3.12. The predicted octanol–water partition coefficient (Wildman–Crippen LogP) is 4.10. The van der Waals surface area contributed by atoms with Crippen LogP contribution in [0.2, 0.25) is 5.02 Å². The highest BCUT2D eigenvalue weighted by atomic mass is 35.5. The second-order valence-corrected chi connectivity index (χ2v) is 5.95. The van der Waals surface area contributed by atoms with Crippen molar-refractivity contribution in [2.45, 2.75) is 13.8 Å². The highest BCUT2D eigenvalue weighted by molar-refractivity contribution is 6.30. The van der Waals surface area contributed by atoms with Gasteiger partial charge < -0.3 is 10.4 Å². The maximum Gasteiger partial charge on any atom is 0.259 e. The molecule has 24 heavy (non-hydrogen) atoms. The van der Waals surface area contributed by atoms with Gasteiger partial charge >= 0.3 is 0 Å². The molecular formula is C18H16ClN3O2. The van der Waals surface area contributed by atoms with E-state index in [0.29, 0.717) is 22.0 Å². The number of halogens is 1. The van der Waals surface area contributed by atoms with Crippen LogP contribution in [0.1, 0.15) is 21.6 Å². The number of nitrogens with one attached hydrogen (secondary N) is 1. The van der Waals surface area contributed by atoms with Crippen molar-refractivity contribution in [2.75, 3.05) is 5.32 Å². The van der Waals surface area contributed by atoms with Crippen molar-refractivity contribution in [3.8, 4) is 11.4 Å². The molecule has 0 aliphatic heterocycles. The molecule has 0 bridgehead atoms. The third-order valence-electron chi connectivity index (χ3n) is 3.71. The zero-order valence-electron chi connectivity index (χ0n) is 13.2. The molecule has 2 N–H and O–H groups in total. The molecule has 2 aromatic carbocycles. The van der Waals surface area contributed by atoms with E-state index in [1.54, 1.807) is 41.9 Å². The van der Waals surface area contributed by atoms with Gasteiger partial charge in [0.05, 0.1) is 28.8 Å². The number of aromatic hydroxyl groups is 1. The van der Waals surface area contributed by atoms with Gasteiger partial charge in [0, 0.05) is 5.02 Å². The number of aryl methyl sites for hydroxylation is 1. The maximum absolute atomic E-state index is 12.5. The smallest absolute Gasteiger partial charge is 0.259 e. The molecule has 6 heteroatoms. The molecule has 5 nitrogen and oxygen atoms in total. The summed E-state index contributed by atoms with van der Waals surface area (Å²) in [7, 11) is 0. The first kappa shape index (κ1) is 16.1. The van der Waals surface area contributed by atoms with Crippen LogP contribution in [0.5, 0.6) is 5.75 Å². The summed E-state index contributed by atoms with van der Waals surface area (Å²) in [5.74, 6) is -0.310. The fourth-order valence-corrected chi connectivity index (χ4v) is 2.62.